The monoisotopic (exact) mass is 642 g/mol. The summed E-state index contributed by atoms with van der Waals surface area (Å²) >= 11 is 0. The number of hydrogen-bond donors (Lipinski definition) is 3. The molecule has 3 N–H and O–H groups in total. The van der Waals surface area contributed by atoms with Crippen molar-refractivity contribution in [2.75, 3.05) is 10.0 Å². The van der Waals surface area contributed by atoms with Gasteiger partial charge < -0.3 is 5.32 Å². The molecule has 44 heavy (non-hydrogen) atoms. The number of nitrogens with one attached hydrogen (secondary N) is 2. The summed E-state index contributed by atoms with van der Waals surface area (Å²) in [5, 5.41) is 4.54. The molecule has 9 nitrogen and oxygen atoms in total. The summed E-state index contributed by atoms with van der Waals surface area (Å²) in [7, 11) is -9.46. The van der Waals surface area contributed by atoms with Crippen LogP contribution in [0, 0.1) is 5.92 Å². The van der Waals surface area contributed by atoms with Crippen LogP contribution in [0.5, 0.6) is 0 Å². The van der Waals surface area contributed by atoms with E-state index in [0.717, 1.165) is 35.0 Å². The molecule has 0 bridgehead atoms. The van der Waals surface area contributed by atoms with Crippen molar-refractivity contribution in [3.63, 3.8) is 0 Å². The molecule has 1 atom stereocenters. The van der Waals surface area contributed by atoms with Crippen LogP contribution in [0.4, 0.5) is 24.5 Å². The molecule has 0 fully saturated rings. The minimum Gasteiger partial charge on any atom is -0.373 e. The van der Waals surface area contributed by atoms with E-state index in [-0.39, 0.29) is 22.4 Å². The van der Waals surface area contributed by atoms with E-state index < -0.39 is 70.4 Å². The van der Waals surface area contributed by atoms with E-state index in [1.54, 1.807) is 43.3 Å². The number of carbonyl (C=O) groups is 2. The number of fused-ring (bicyclic) bond motifs is 3. The van der Waals surface area contributed by atoms with Gasteiger partial charge in [0, 0.05) is 16.7 Å². The molecule has 1 aliphatic heterocycles. The largest absolute Gasteiger partial charge is 0.416 e. The molecule has 1 heterocycles. The van der Waals surface area contributed by atoms with Gasteiger partial charge in [-0.3, -0.25) is 18.9 Å². The molecule has 4 aromatic rings. The van der Waals surface area contributed by atoms with E-state index in [0.29, 0.717) is 12.1 Å². The number of hydrogen-bond acceptors (Lipinski definition) is 7. The van der Waals surface area contributed by atoms with Gasteiger partial charge in [0.1, 0.15) is 5.92 Å². The third-order valence-electron chi connectivity index (χ3n) is 7.72. The molecule has 6 rings (SSSR count). The highest BCUT2D eigenvalue weighted by Gasteiger charge is 2.50. The van der Waals surface area contributed by atoms with Crippen molar-refractivity contribution in [1.29, 1.82) is 0 Å². The summed E-state index contributed by atoms with van der Waals surface area (Å²) in [6.45, 7) is 1.54. The number of carbonyl (C=O) groups excluding carboxylic acids is 2. The molecule has 0 spiro atoms. The highest BCUT2D eigenvalue weighted by Crippen LogP contribution is 2.44. The molecule has 4 aromatic carbocycles. The van der Waals surface area contributed by atoms with Crippen LogP contribution in [-0.2, 0) is 26.3 Å². The fraction of sp³-hybridized carbons (Fsp3) is 0.133. The van der Waals surface area contributed by atoms with E-state index in [1.165, 1.54) is 12.2 Å². The highest BCUT2D eigenvalue weighted by atomic mass is 32.2. The molecule has 0 saturated heterocycles. The summed E-state index contributed by atoms with van der Waals surface area (Å²) in [5.41, 5.74) is -2.39. The second-order valence-electron chi connectivity index (χ2n) is 10.7. The molecule has 0 saturated carbocycles. The van der Waals surface area contributed by atoms with Gasteiger partial charge in [0.2, 0.25) is 0 Å². The van der Waals surface area contributed by atoms with Gasteiger partial charge in [0.05, 0.1) is 32.3 Å². The molecular formula is C30H21F3N2O7S2. The van der Waals surface area contributed by atoms with Crippen molar-refractivity contribution in [3.05, 3.63) is 101 Å². The minimum atomic E-state index is -4.85. The van der Waals surface area contributed by atoms with Crippen LogP contribution < -0.4 is 10.0 Å². The Kier molecular flexibility index (Phi) is 6.54. The van der Waals surface area contributed by atoms with Crippen LogP contribution in [-0.4, -0.2) is 38.5 Å². The number of benzene rings is 4. The fourth-order valence-corrected chi connectivity index (χ4v) is 7.13. The van der Waals surface area contributed by atoms with E-state index in [1.807, 2.05) is 0 Å². The average Bonchev–Trinajstić information content (AvgIpc) is 3.20. The first-order valence-electron chi connectivity index (χ1n) is 12.9. The Hall–Kier alpha value is -4.53. The van der Waals surface area contributed by atoms with Crippen LogP contribution >= 0.6 is 0 Å². The second kappa shape index (κ2) is 9.74. The van der Waals surface area contributed by atoms with Gasteiger partial charge in [-0.2, -0.15) is 21.6 Å². The summed E-state index contributed by atoms with van der Waals surface area (Å²) < 4.78 is 101. The standard InChI is InChI=1S/C30H21F3N2O7S2/c1-29(25-27(36)22-13-16-4-2-3-5-17(16)14-23(22)28(25)37)11-10-18-12-21(44(40,41)42)15-24(26(18)34-29)35-43(38,39)20-8-6-19(7-9-20)30(31,32)33/h2-15,25,34-35H,1H3,(H,40,41,42). The predicted octanol–water partition coefficient (Wildman–Crippen LogP) is 5.80. The van der Waals surface area contributed by atoms with Gasteiger partial charge in [-0.25, -0.2) is 8.42 Å². The van der Waals surface area contributed by atoms with E-state index >= 15 is 0 Å². The Morgan fingerprint density at radius 1 is 0.841 bits per heavy atom. The molecule has 0 radical (unpaired) electrons. The maximum absolute atomic E-state index is 13.7. The quantitative estimate of drug-likeness (QED) is 0.183. The lowest BCUT2D eigenvalue weighted by molar-refractivity contribution is -0.137. The van der Waals surface area contributed by atoms with Crippen LogP contribution in [0.15, 0.2) is 88.7 Å². The van der Waals surface area contributed by atoms with Crippen LogP contribution in [0.1, 0.15) is 38.8 Å². The molecule has 226 valence electrons. The van der Waals surface area contributed by atoms with Crippen molar-refractivity contribution in [2.24, 2.45) is 5.92 Å². The number of sulfonamides is 1. The van der Waals surface area contributed by atoms with Gasteiger partial charge in [-0.1, -0.05) is 36.4 Å². The Labute approximate surface area is 249 Å². The number of ketones is 2. The summed E-state index contributed by atoms with van der Waals surface area (Å²) in [6, 6.07) is 15.0. The molecule has 2 aliphatic rings. The maximum atomic E-state index is 13.7. The molecule has 0 aromatic heterocycles. The third kappa shape index (κ3) is 4.94. The van der Waals surface area contributed by atoms with Gasteiger partial charge in [-0.05, 0) is 66.2 Å². The normalized spacial score (nSPS) is 18.7. The lowest BCUT2D eigenvalue weighted by atomic mass is 9.79. The molecule has 14 heteroatoms. The maximum Gasteiger partial charge on any atom is 0.416 e. The molecule has 0 amide bonds. The zero-order valence-electron chi connectivity index (χ0n) is 22.5. The zero-order valence-corrected chi connectivity index (χ0v) is 24.1. The summed E-state index contributed by atoms with van der Waals surface area (Å²) in [4.78, 5) is 26.1. The lowest BCUT2D eigenvalue weighted by Crippen LogP contribution is -2.47. The van der Waals surface area contributed by atoms with Gasteiger partial charge in [0.25, 0.3) is 20.1 Å². The van der Waals surface area contributed by atoms with E-state index in [2.05, 4.69) is 10.0 Å². The SMILES string of the molecule is CC1(C2C(=O)c3cc4ccccc4cc3C2=O)C=Cc2cc(S(=O)(=O)O)cc(NS(=O)(=O)c3ccc(C(F)(F)F)cc3)c2N1. The number of rotatable bonds is 5. The second-order valence-corrected chi connectivity index (χ2v) is 13.8. The van der Waals surface area contributed by atoms with Gasteiger partial charge in [0.15, 0.2) is 11.6 Å². The van der Waals surface area contributed by atoms with Crippen molar-refractivity contribution < 1.29 is 44.1 Å². The fourth-order valence-electron chi connectivity index (χ4n) is 5.53. The van der Waals surface area contributed by atoms with Gasteiger partial charge >= 0.3 is 6.18 Å². The topological polar surface area (TPSA) is 147 Å². The molecular weight excluding hydrogens is 621 g/mol. The van der Waals surface area contributed by atoms with Crippen molar-refractivity contribution in [2.45, 2.75) is 28.4 Å². The lowest BCUT2D eigenvalue weighted by Gasteiger charge is -2.37. The Balaban J connectivity index is 1.41. The van der Waals surface area contributed by atoms with Crippen molar-refractivity contribution in [3.8, 4) is 0 Å². The average molecular weight is 643 g/mol. The predicted molar refractivity (Wildman–Crippen MR) is 156 cm³/mol. The minimum absolute atomic E-state index is 0.0281. The van der Waals surface area contributed by atoms with Crippen molar-refractivity contribution in [1.82, 2.24) is 0 Å². The van der Waals surface area contributed by atoms with Crippen molar-refractivity contribution >= 4 is 59.9 Å². The first-order chi connectivity index (χ1) is 20.5. The van der Waals surface area contributed by atoms with Crippen LogP contribution in [0.25, 0.3) is 16.8 Å². The van der Waals surface area contributed by atoms with Crippen LogP contribution in [0.3, 0.4) is 0 Å². The third-order valence-corrected chi connectivity index (χ3v) is 9.93. The number of halogens is 3. The summed E-state index contributed by atoms with van der Waals surface area (Å²) in [5.74, 6) is -2.22. The first kappa shape index (κ1) is 29.5. The number of anilines is 2. The smallest absolute Gasteiger partial charge is 0.373 e. The highest BCUT2D eigenvalue weighted by molar-refractivity contribution is 7.92. The Bertz CT molecular complexity index is 2110. The molecule has 1 aliphatic carbocycles. The Morgan fingerprint density at radius 3 is 1.93 bits per heavy atom. The zero-order chi connectivity index (χ0) is 31.8. The molecule has 1 unspecified atom stereocenters. The Morgan fingerprint density at radius 2 is 1.41 bits per heavy atom. The van der Waals surface area contributed by atoms with E-state index in [9.17, 15) is 44.1 Å². The first-order valence-corrected chi connectivity index (χ1v) is 15.8. The van der Waals surface area contributed by atoms with E-state index in [4.69, 9.17) is 0 Å². The van der Waals surface area contributed by atoms with Crippen LogP contribution in [0.2, 0.25) is 0 Å². The number of Topliss-reactive ketones (excluding diaryl/α,β-unsaturated/α-hetero) is 2. The summed E-state index contributed by atoms with van der Waals surface area (Å²) in [6.07, 6.45) is -1.85. The van der Waals surface area contributed by atoms with Gasteiger partial charge in [-0.15, -0.1) is 0 Å². The number of alkyl halides is 3.